The minimum Gasteiger partial charge on any atom is -0.497 e. The lowest BCUT2D eigenvalue weighted by Gasteiger charge is -2.19. The highest BCUT2D eigenvalue weighted by molar-refractivity contribution is 7.99. The third-order valence-corrected chi connectivity index (χ3v) is 6.97. The van der Waals surface area contributed by atoms with Crippen LogP contribution in [0.3, 0.4) is 0 Å². The number of aromatic nitrogens is 3. The van der Waals surface area contributed by atoms with Crippen molar-refractivity contribution in [3.8, 4) is 11.5 Å². The van der Waals surface area contributed by atoms with E-state index in [1.165, 1.54) is 11.8 Å². The number of benzene rings is 2. The van der Waals surface area contributed by atoms with Gasteiger partial charge in [-0.05, 0) is 61.8 Å². The predicted molar refractivity (Wildman–Crippen MR) is 144 cm³/mol. The first kappa shape index (κ1) is 27.4. The summed E-state index contributed by atoms with van der Waals surface area (Å²) >= 11 is 3.00. The molecule has 0 spiro atoms. The highest BCUT2D eigenvalue weighted by atomic mass is 32.2. The molecule has 0 saturated carbocycles. The standard InChI is InChI=1S/C25H31N5O4S2/c1-5-30-23(20(14-15-35-4)27-24(32)17-10-12-18(33-2)13-11-17)28-29-25(30)36-16-22(31)26-19-8-6-7-9-21(19)34-3/h6-13,20H,5,14-16H2,1-4H3,(H,26,31)(H,27,32)/t20-/m1/s1. The Morgan fingerprint density at radius 1 is 1.06 bits per heavy atom. The third-order valence-electron chi connectivity index (χ3n) is 5.35. The zero-order chi connectivity index (χ0) is 25.9. The van der Waals surface area contributed by atoms with E-state index >= 15 is 0 Å². The van der Waals surface area contributed by atoms with E-state index in [9.17, 15) is 9.59 Å². The van der Waals surface area contributed by atoms with Gasteiger partial charge in [-0.25, -0.2) is 0 Å². The molecule has 0 radical (unpaired) electrons. The Morgan fingerprint density at radius 3 is 2.47 bits per heavy atom. The van der Waals surface area contributed by atoms with Crippen molar-refractivity contribution in [1.82, 2.24) is 20.1 Å². The van der Waals surface area contributed by atoms with Crippen molar-refractivity contribution in [3.63, 3.8) is 0 Å². The maximum absolute atomic E-state index is 13.0. The number of nitrogens with zero attached hydrogens (tertiary/aromatic N) is 3. The van der Waals surface area contributed by atoms with Gasteiger partial charge in [0.25, 0.3) is 5.91 Å². The van der Waals surface area contributed by atoms with Crippen LogP contribution in [0.4, 0.5) is 5.69 Å². The average molecular weight is 530 g/mol. The summed E-state index contributed by atoms with van der Waals surface area (Å²) in [6, 6.07) is 13.9. The molecule has 1 heterocycles. The fraction of sp³-hybridized carbons (Fsp3) is 0.360. The molecule has 9 nitrogen and oxygen atoms in total. The lowest BCUT2D eigenvalue weighted by molar-refractivity contribution is -0.113. The van der Waals surface area contributed by atoms with E-state index in [4.69, 9.17) is 9.47 Å². The van der Waals surface area contributed by atoms with Gasteiger partial charge in [-0.15, -0.1) is 10.2 Å². The van der Waals surface area contributed by atoms with Gasteiger partial charge in [-0.2, -0.15) is 11.8 Å². The van der Waals surface area contributed by atoms with E-state index in [1.54, 1.807) is 62.4 Å². The van der Waals surface area contributed by atoms with Gasteiger partial charge in [0.05, 0.1) is 31.7 Å². The molecule has 0 bridgehead atoms. The zero-order valence-corrected chi connectivity index (χ0v) is 22.4. The number of ether oxygens (including phenoxy) is 2. The van der Waals surface area contributed by atoms with Gasteiger partial charge >= 0.3 is 0 Å². The van der Waals surface area contributed by atoms with Crippen LogP contribution in [0, 0.1) is 0 Å². The topological polar surface area (TPSA) is 107 Å². The molecule has 2 N–H and O–H groups in total. The number of carbonyl (C=O) groups is 2. The van der Waals surface area contributed by atoms with Gasteiger partial charge in [-0.1, -0.05) is 23.9 Å². The van der Waals surface area contributed by atoms with Gasteiger partial charge < -0.3 is 24.7 Å². The monoisotopic (exact) mass is 529 g/mol. The van der Waals surface area contributed by atoms with Crippen LogP contribution in [-0.2, 0) is 11.3 Å². The molecule has 11 heteroatoms. The molecule has 192 valence electrons. The molecule has 3 rings (SSSR count). The number of nitrogens with one attached hydrogen (secondary N) is 2. The third kappa shape index (κ3) is 7.17. The summed E-state index contributed by atoms with van der Waals surface area (Å²) in [5, 5.41) is 15.3. The summed E-state index contributed by atoms with van der Waals surface area (Å²) in [5.41, 5.74) is 1.15. The lowest BCUT2D eigenvalue weighted by Crippen LogP contribution is -2.31. The predicted octanol–water partition coefficient (Wildman–Crippen LogP) is 4.27. The van der Waals surface area contributed by atoms with Crippen LogP contribution >= 0.6 is 23.5 Å². The fourth-order valence-electron chi connectivity index (χ4n) is 3.51. The van der Waals surface area contributed by atoms with Gasteiger partial charge in [0.2, 0.25) is 5.91 Å². The number of amides is 2. The highest BCUT2D eigenvalue weighted by Crippen LogP contribution is 2.26. The maximum atomic E-state index is 13.0. The van der Waals surface area contributed by atoms with Crippen molar-refractivity contribution < 1.29 is 19.1 Å². The number of carbonyl (C=O) groups excluding carboxylic acids is 2. The first-order valence-corrected chi connectivity index (χ1v) is 13.8. The Bertz CT molecular complexity index is 1150. The quantitative estimate of drug-likeness (QED) is 0.316. The summed E-state index contributed by atoms with van der Waals surface area (Å²) in [6.45, 7) is 2.59. The first-order chi connectivity index (χ1) is 17.5. The smallest absolute Gasteiger partial charge is 0.251 e. The molecule has 1 atom stereocenters. The van der Waals surface area contributed by atoms with Crippen LogP contribution in [0.2, 0.25) is 0 Å². The fourth-order valence-corrected chi connectivity index (χ4v) is 4.79. The van der Waals surface area contributed by atoms with E-state index in [2.05, 4.69) is 20.8 Å². The second-order valence-corrected chi connectivity index (χ2v) is 9.59. The van der Waals surface area contributed by atoms with Crippen molar-refractivity contribution >= 4 is 41.0 Å². The largest absolute Gasteiger partial charge is 0.497 e. The number of para-hydroxylation sites is 2. The average Bonchev–Trinajstić information content (AvgIpc) is 3.32. The number of hydrogen-bond acceptors (Lipinski definition) is 8. The Morgan fingerprint density at radius 2 is 1.81 bits per heavy atom. The number of rotatable bonds is 13. The summed E-state index contributed by atoms with van der Waals surface area (Å²) in [5.74, 6) is 2.58. The van der Waals surface area contributed by atoms with E-state index in [0.29, 0.717) is 46.7 Å². The summed E-state index contributed by atoms with van der Waals surface area (Å²) in [4.78, 5) is 25.5. The van der Waals surface area contributed by atoms with Crippen molar-refractivity contribution in [2.75, 3.05) is 37.3 Å². The molecular weight excluding hydrogens is 498 g/mol. The van der Waals surface area contributed by atoms with E-state index in [-0.39, 0.29) is 23.6 Å². The first-order valence-electron chi connectivity index (χ1n) is 11.4. The van der Waals surface area contributed by atoms with E-state index in [0.717, 1.165) is 5.75 Å². The van der Waals surface area contributed by atoms with Gasteiger partial charge in [0, 0.05) is 12.1 Å². The van der Waals surface area contributed by atoms with Crippen LogP contribution in [0.1, 0.15) is 35.6 Å². The summed E-state index contributed by atoms with van der Waals surface area (Å²) < 4.78 is 12.4. The normalized spacial score (nSPS) is 11.6. The Labute approximate surface area is 219 Å². The highest BCUT2D eigenvalue weighted by Gasteiger charge is 2.23. The van der Waals surface area contributed by atoms with Crippen LogP contribution < -0.4 is 20.1 Å². The molecule has 2 amide bonds. The SMILES string of the molecule is CCn1c(SCC(=O)Nc2ccccc2OC)nnc1[C@@H](CCSC)NC(=O)c1ccc(OC)cc1. The van der Waals surface area contributed by atoms with Crippen LogP contribution in [0.15, 0.2) is 53.7 Å². The van der Waals surface area contributed by atoms with E-state index < -0.39 is 0 Å². The van der Waals surface area contributed by atoms with Crippen molar-refractivity contribution in [2.24, 2.45) is 0 Å². The molecule has 0 aliphatic carbocycles. The van der Waals surface area contributed by atoms with Crippen molar-refractivity contribution in [2.45, 2.75) is 31.1 Å². The molecule has 36 heavy (non-hydrogen) atoms. The van der Waals surface area contributed by atoms with Crippen LogP contribution in [-0.4, -0.2) is 58.6 Å². The minimum absolute atomic E-state index is 0.157. The van der Waals surface area contributed by atoms with E-state index in [1.807, 2.05) is 29.9 Å². The molecular formula is C25H31N5O4S2. The maximum Gasteiger partial charge on any atom is 0.251 e. The second kappa shape index (κ2) is 13.8. The minimum atomic E-state index is -0.323. The number of hydrogen-bond donors (Lipinski definition) is 2. The number of anilines is 1. The van der Waals surface area contributed by atoms with Crippen LogP contribution in [0.25, 0.3) is 0 Å². The molecule has 0 fully saturated rings. The number of thioether (sulfide) groups is 2. The van der Waals surface area contributed by atoms with Crippen molar-refractivity contribution in [3.05, 3.63) is 59.9 Å². The Hall–Kier alpha value is -3.18. The van der Waals surface area contributed by atoms with Crippen molar-refractivity contribution in [1.29, 1.82) is 0 Å². The Kier molecular flexibility index (Phi) is 10.5. The molecule has 0 aliphatic heterocycles. The number of methoxy groups -OCH3 is 2. The Balaban J connectivity index is 1.71. The van der Waals surface area contributed by atoms with Crippen LogP contribution in [0.5, 0.6) is 11.5 Å². The molecule has 3 aromatic rings. The molecule has 1 aromatic heterocycles. The molecule has 0 unspecified atom stereocenters. The van der Waals surface area contributed by atoms with Gasteiger partial charge in [-0.3, -0.25) is 9.59 Å². The summed E-state index contributed by atoms with van der Waals surface area (Å²) in [6.07, 6.45) is 2.72. The molecule has 0 aliphatic rings. The van der Waals surface area contributed by atoms with Gasteiger partial charge in [0.1, 0.15) is 11.5 Å². The second-order valence-electron chi connectivity index (χ2n) is 7.66. The molecule has 0 saturated heterocycles. The molecule has 2 aromatic carbocycles. The zero-order valence-electron chi connectivity index (χ0n) is 20.8. The lowest BCUT2D eigenvalue weighted by atomic mass is 10.1. The summed E-state index contributed by atoms with van der Waals surface area (Å²) in [7, 11) is 3.15. The van der Waals surface area contributed by atoms with Gasteiger partial charge in [0.15, 0.2) is 11.0 Å².